The monoisotopic (exact) mass is 380 g/mol. The lowest BCUT2D eigenvalue weighted by Crippen LogP contribution is -2.47. The van der Waals surface area contributed by atoms with E-state index in [1.165, 1.54) is 5.56 Å². The molecule has 0 aliphatic carbocycles. The second kappa shape index (κ2) is 7.99. The molecule has 0 N–H and O–H groups in total. The Bertz CT molecular complexity index is 957. The van der Waals surface area contributed by atoms with Crippen molar-refractivity contribution >= 4 is 34.6 Å². The molecule has 0 bridgehead atoms. The van der Waals surface area contributed by atoms with Gasteiger partial charge >= 0.3 is 0 Å². The van der Waals surface area contributed by atoms with Crippen LogP contribution >= 0.6 is 11.6 Å². The zero-order chi connectivity index (χ0) is 18.6. The topological polar surface area (TPSA) is 36.7 Å². The third-order valence-electron chi connectivity index (χ3n) is 4.82. The van der Waals surface area contributed by atoms with Gasteiger partial charge in [-0.05, 0) is 35.9 Å². The molecule has 0 saturated carbocycles. The highest BCUT2D eigenvalue weighted by Gasteiger charge is 2.19. The fraction of sp³-hybridized carbons (Fsp3) is 0.227. The van der Waals surface area contributed by atoms with Crippen LogP contribution in [0.5, 0.6) is 0 Å². The molecule has 4 nitrogen and oxygen atoms in total. The summed E-state index contributed by atoms with van der Waals surface area (Å²) in [6, 6.07) is 17.8. The normalized spacial score (nSPS) is 15.7. The van der Waals surface area contributed by atoms with E-state index in [1.807, 2.05) is 29.2 Å². The summed E-state index contributed by atoms with van der Waals surface area (Å²) in [4.78, 5) is 16.7. The summed E-state index contributed by atoms with van der Waals surface area (Å²) in [5.74, 6) is 0.677. The number of carbonyl (C=O) groups excluding carboxylic acids is 1. The minimum atomic E-state index is 0.0212. The first-order valence-electron chi connectivity index (χ1n) is 9.10. The smallest absolute Gasteiger partial charge is 0.246 e. The lowest BCUT2D eigenvalue weighted by molar-refractivity contribution is -0.127. The molecule has 1 saturated heterocycles. The average Bonchev–Trinajstić information content (AvgIpc) is 3.09. The molecule has 2 aromatic carbocycles. The molecule has 1 amide bonds. The number of carbonyl (C=O) groups is 1. The van der Waals surface area contributed by atoms with Crippen LogP contribution in [0.3, 0.4) is 0 Å². The van der Waals surface area contributed by atoms with Crippen LogP contribution in [0.4, 0.5) is 0 Å². The van der Waals surface area contributed by atoms with Crippen molar-refractivity contribution in [3.63, 3.8) is 0 Å². The Hall–Kier alpha value is -2.56. The van der Waals surface area contributed by atoms with Crippen molar-refractivity contribution in [2.75, 3.05) is 26.2 Å². The quantitative estimate of drug-likeness (QED) is 0.628. The van der Waals surface area contributed by atoms with Gasteiger partial charge in [0, 0.05) is 49.2 Å². The Balaban J connectivity index is 1.32. The predicted octanol–water partition coefficient (Wildman–Crippen LogP) is 4.44. The van der Waals surface area contributed by atoms with Gasteiger partial charge in [0.1, 0.15) is 11.3 Å². The number of rotatable bonds is 4. The van der Waals surface area contributed by atoms with Gasteiger partial charge in [-0.2, -0.15) is 0 Å². The molecule has 27 heavy (non-hydrogen) atoms. The predicted molar refractivity (Wildman–Crippen MR) is 109 cm³/mol. The van der Waals surface area contributed by atoms with Crippen molar-refractivity contribution < 1.29 is 9.21 Å². The summed E-state index contributed by atoms with van der Waals surface area (Å²) in [6.07, 6.45) is 3.32. The SMILES string of the molecule is O=C(/C=C/c1cc2cc(Cl)ccc2o1)N1CCN(Cc2ccccc2)CC1. The number of furan rings is 1. The Morgan fingerprint density at radius 2 is 1.81 bits per heavy atom. The number of piperazine rings is 1. The first-order chi connectivity index (χ1) is 13.2. The van der Waals surface area contributed by atoms with Crippen molar-refractivity contribution in [2.24, 2.45) is 0 Å². The standard InChI is InChI=1S/C22H21ClN2O2/c23-19-6-8-21-18(14-19)15-20(27-21)7-9-22(26)25-12-10-24(11-13-25)16-17-4-2-1-3-5-17/h1-9,14-15H,10-13,16H2/b9-7+. The molecule has 4 rings (SSSR count). The molecule has 5 heteroatoms. The third-order valence-corrected chi connectivity index (χ3v) is 5.06. The van der Waals surface area contributed by atoms with E-state index in [1.54, 1.807) is 18.2 Å². The molecular weight excluding hydrogens is 360 g/mol. The minimum absolute atomic E-state index is 0.0212. The van der Waals surface area contributed by atoms with Crippen LogP contribution in [0.1, 0.15) is 11.3 Å². The van der Waals surface area contributed by atoms with Gasteiger partial charge in [0.15, 0.2) is 0 Å². The number of fused-ring (bicyclic) bond motifs is 1. The lowest BCUT2D eigenvalue weighted by atomic mass is 10.2. The van der Waals surface area contributed by atoms with Gasteiger partial charge in [-0.1, -0.05) is 41.9 Å². The van der Waals surface area contributed by atoms with Gasteiger partial charge in [-0.3, -0.25) is 9.69 Å². The number of halogens is 1. The molecule has 1 aromatic heterocycles. The van der Waals surface area contributed by atoms with Crippen LogP contribution in [0.2, 0.25) is 5.02 Å². The number of hydrogen-bond acceptors (Lipinski definition) is 3. The molecular formula is C22H21ClN2O2. The highest BCUT2D eigenvalue weighted by atomic mass is 35.5. The van der Waals surface area contributed by atoms with E-state index in [-0.39, 0.29) is 5.91 Å². The molecule has 3 aromatic rings. The van der Waals surface area contributed by atoms with Crippen LogP contribution in [-0.4, -0.2) is 41.9 Å². The van der Waals surface area contributed by atoms with E-state index in [0.29, 0.717) is 10.8 Å². The van der Waals surface area contributed by atoms with Crippen molar-refractivity contribution in [1.29, 1.82) is 0 Å². The zero-order valence-electron chi connectivity index (χ0n) is 15.0. The number of hydrogen-bond donors (Lipinski definition) is 0. The molecule has 0 unspecified atom stereocenters. The lowest BCUT2D eigenvalue weighted by Gasteiger charge is -2.34. The van der Waals surface area contributed by atoms with E-state index in [9.17, 15) is 4.79 Å². The van der Waals surface area contributed by atoms with E-state index in [0.717, 1.165) is 43.7 Å². The summed E-state index contributed by atoms with van der Waals surface area (Å²) >= 11 is 6.00. The first-order valence-corrected chi connectivity index (χ1v) is 9.47. The number of benzene rings is 2. The van der Waals surface area contributed by atoms with Crippen molar-refractivity contribution in [3.8, 4) is 0 Å². The van der Waals surface area contributed by atoms with E-state index in [2.05, 4.69) is 29.2 Å². The Kier molecular flexibility index (Phi) is 5.28. The van der Waals surface area contributed by atoms with E-state index >= 15 is 0 Å². The maximum atomic E-state index is 12.5. The second-order valence-corrected chi connectivity index (χ2v) is 7.19. The van der Waals surface area contributed by atoms with Gasteiger partial charge < -0.3 is 9.32 Å². The van der Waals surface area contributed by atoms with Crippen LogP contribution < -0.4 is 0 Å². The maximum absolute atomic E-state index is 12.5. The summed E-state index contributed by atoms with van der Waals surface area (Å²) < 4.78 is 5.72. The molecule has 0 atom stereocenters. The Morgan fingerprint density at radius 3 is 2.59 bits per heavy atom. The second-order valence-electron chi connectivity index (χ2n) is 6.75. The van der Waals surface area contributed by atoms with Gasteiger partial charge in [0.05, 0.1) is 0 Å². The minimum Gasteiger partial charge on any atom is -0.457 e. The molecule has 1 fully saturated rings. The fourth-order valence-corrected chi connectivity index (χ4v) is 3.52. The van der Waals surface area contributed by atoms with Gasteiger partial charge in [-0.25, -0.2) is 0 Å². The first kappa shape index (κ1) is 17.8. The molecule has 2 heterocycles. The average molecular weight is 381 g/mol. The third kappa shape index (κ3) is 4.41. The number of nitrogens with zero attached hydrogens (tertiary/aromatic N) is 2. The zero-order valence-corrected chi connectivity index (χ0v) is 15.7. The van der Waals surface area contributed by atoms with E-state index < -0.39 is 0 Å². The molecule has 138 valence electrons. The number of amides is 1. The Labute approximate surface area is 163 Å². The summed E-state index contributed by atoms with van der Waals surface area (Å²) in [5, 5.41) is 1.60. The van der Waals surface area contributed by atoms with Gasteiger partial charge in [0.2, 0.25) is 5.91 Å². The largest absolute Gasteiger partial charge is 0.457 e. The summed E-state index contributed by atoms with van der Waals surface area (Å²) in [5.41, 5.74) is 2.07. The van der Waals surface area contributed by atoms with Crippen molar-refractivity contribution in [3.05, 3.63) is 77.0 Å². The van der Waals surface area contributed by atoms with Crippen LogP contribution in [0.25, 0.3) is 17.0 Å². The highest BCUT2D eigenvalue weighted by Crippen LogP contribution is 2.23. The van der Waals surface area contributed by atoms with Crippen LogP contribution in [0, 0.1) is 0 Å². The molecule has 0 radical (unpaired) electrons. The van der Waals surface area contributed by atoms with Crippen molar-refractivity contribution in [1.82, 2.24) is 9.80 Å². The molecule has 1 aliphatic rings. The maximum Gasteiger partial charge on any atom is 0.246 e. The highest BCUT2D eigenvalue weighted by molar-refractivity contribution is 6.31. The fourth-order valence-electron chi connectivity index (χ4n) is 3.34. The van der Waals surface area contributed by atoms with Gasteiger partial charge in [0.25, 0.3) is 0 Å². The van der Waals surface area contributed by atoms with Crippen LogP contribution in [0.15, 0.2) is 65.1 Å². The molecule has 0 spiro atoms. The van der Waals surface area contributed by atoms with Crippen LogP contribution in [-0.2, 0) is 11.3 Å². The van der Waals surface area contributed by atoms with Crippen molar-refractivity contribution in [2.45, 2.75) is 6.54 Å². The summed E-state index contributed by atoms with van der Waals surface area (Å²) in [7, 11) is 0. The Morgan fingerprint density at radius 1 is 1.04 bits per heavy atom. The van der Waals surface area contributed by atoms with E-state index in [4.69, 9.17) is 16.0 Å². The molecule has 1 aliphatic heterocycles. The van der Waals surface area contributed by atoms with Gasteiger partial charge in [-0.15, -0.1) is 0 Å². The summed E-state index contributed by atoms with van der Waals surface area (Å²) in [6.45, 7) is 4.19.